The fourth-order valence-corrected chi connectivity index (χ4v) is 4.01. The second-order valence-electron chi connectivity index (χ2n) is 6.75. The molecule has 3 heterocycles. The van der Waals surface area contributed by atoms with Gasteiger partial charge in [0.05, 0.1) is 12.7 Å². The summed E-state index contributed by atoms with van der Waals surface area (Å²) in [4.78, 5) is 24.7. The Hall–Kier alpha value is -2.38. The van der Waals surface area contributed by atoms with Gasteiger partial charge in [0, 0.05) is 13.0 Å². The Balaban J connectivity index is 1.59. The lowest BCUT2D eigenvalue weighted by Gasteiger charge is -2.35. The third-order valence-electron chi connectivity index (χ3n) is 5.15. The first-order chi connectivity index (χ1) is 12.6. The molecular formula is C19H22N2O5. The van der Waals surface area contributed by atoms with Crippen molar-refractivity contribution in [2.24, 2.45) is 0 Å². The van der Waals surface area contributed by atoms with Gasteiger partial charge in [-0.1, -0.05) is 42.5 Å². The quantitative estimate of drug-likeness (QED) is 0.589. The highest BCUT2D eigenvalue weighted by Crippen LogP contribution is 2.45. The van der Waals surface area contributed by atoms with E-state index in [1.165, 1.54) is 0 Å². The van der Waals surface area contributed by atoms with Gasteiger partial charge < -0.3 is 19.5 Å². The highest BCUT2D eigenvalue weighted by molar-refractivity contribution is 5.80. The summed E-state index contributed by atoms with van der Waals surface area (Å²) in [5, 5.41) is 6.05. The number of esters is 1. The molecule has 0 aliphatic carbocycles. The Bertz CT molecular complexity index is 722. The van der Waals surface area contributed by atoms with Crippen molar-refractivity contribution < 1.29 is 23.8 Å². The molecule has 1 aromatic rings. The lowest BCUT2D eigenvalue weighted by Crippen LogP contribution is -2.62. The van der Waals surface area contributed by atoms with Gasteiger partial charge in [-0.15, -0.1) is 0 Å². The van der Waals surface area contributed by atoms with Crippen LogP contribution in [-0.4, -0.2) is 48.6 Å². The summed E-state index contributed by atoms with van der Waals surface area (Å²) in [7, 11) is 0. The highest BCUT2D eigenvalue weighted by atomic mass is 16.6. The molecule has 3 aliphatic heterocycles. The molecule has 2 saturated heterocycles. The topological polar surface area (TPSA) is 85.9 Å². The first kappa shape index (κ1) is 17.1. The molecule has 5 atom stereocenters. The van der Waals surface area contributed by atoms with E-state index in [0.717, 1.165) is 5.56 Å². The van der Waals surface area contributed by atoms with Gasteiger partial charge in [0.25, 0.3) is 0 Å². The average molecular weight is 358 g/mol. The van der Waals surface area contributed by atoms with Gasteiger partial charge in [-0.25, -0.2) is 4.79 Å². The predicted octanol–water partition coefficient (Wildman–Crippen LogP) is 1.28. The smallest absolute Gasteiger partial charge is 0.408 e. The van der Waals surface area contributed by atoms with Crippen molar-refractivity contribution in [3.8, 4) is 0 Å². The van der Waals surface area contributed by atoms with Crippen molar-refractivity contribution in [3.05, 3.63) is 48.0 Å². The number of alkyl carbamates (subject to hydrolysis) is 1. The zero-order valence-corrected chi connectivity index (χ0v) is 14.5. The van der Waals surface area contributed by atoms with E-state index < -0.39 is 29.7 Å². The number of ether oxygens (including phenoxy) is 3. The van der Waals surface area contributed by atoms with Crippen LogP contribution in [0, 0.1) is 0 Å². The number of carbonyl (C=O) groups excluding carboxylic acids is 2. The maximum Gasteiger partial charge on any atom is 0.408 e. The summed E-state index contributed by atoms with van der Waals surface area (Å²) < 4.78 is 16.7. The summed E-state index contributed by atoms with van der Waals surface area (Å²) in [6.45, 7) is 2.49. The van der Waals surface area contributed by atoms with Crippen LogP contribution < -0.4 is 10.6 Å². The zero-order valence-electron chi connectivity index (χ0n) is 14.5. The van der Waals surface area contributed by atoms with Crippen LogP contribution in [0.1, 0.15) is 18.9 Å². The van der Waals surface area contributed by atoms with Crippen LogP contribution >= 0.6 is 0 Å². The molecule has 2 fully saturated rings. The fraction of sp³-hybridized carbons (Fsp3) is 0.474. The number of rotatable bonds is 6. The number of amides is 1. The molecule has 7 heteroatoms. The maximum absolute atomic E-state index is 12.7. The molecule has 7 nitrogen and oxygen atoms in total. The summed E-state index contributed by atoms with van der Waals surface area (Å²) in [5.74, 6) is -0.412. The molecule has 138 valence electrons. The van der Waals surface area contributed by atoms with Crippen molar-refractivity contribution >= 4 is 12.1 Å². The number of hydrogen-bond acceptors (Lipinski definition) is 6. The minimum atomic E-state index is -0.891. The SMILES string of the molecule is CCOC(=O)[C@H](NCc1ccccc1)C1NC(=O)OC12CC1C=CC2O1. The van der Waals surface area contributed by atoms with E-state index in [9.17, 15) is 9.59 Å². The summed E-state index contributed by atoms with van der Waals surface area (Å²) in [6, 6.07) is 8.44. The number of nitrogens with one attached hydrogen (secondary N) is 2. The summed E-state index contributed by atoms with van der Waals surface area (Å²) in [5.41, 5.74) is 0.141. The van der Waals surface area contributed by atoms with Gasteiger partial charge in [0.2, 0.25) is 0 Å². The first-order valence-electron chi connectivity index (χ1n) is 8.89. The highest BCUT2D eigenvalue weighted by Gasteiger charge is 2.64. The second-order valence-corrected chi connectivity index (χ2v) is 6.75. The molecule has 0 saturated carbocycles. The van der Waals surface area contributed by atoms with Gasteiger partial charge in [-0.2, -0.15) is 0 Å². The molecule has 3 aliphatic rings. The number of fused-ring (bicyclic) bond motifs is 3. The standard InChI is InChI=1S/C19H22N2O5/c1-2-24-17(22)15(20-11-12-6-4-3-5-7-12)16-19(26-18(23)21-16)10-13-8-9-14(19)25-13/h3-9,13-16,20H,2,10-11H2,1H3,(H,21,23)/t13?,14?,15-,16?,19?/m1/s1. The Morgan fingerprint density at radius 1 is 1.38 bits per heavy atom. The van der Waals surface area contributed by atoms with E-state index in [2.05, 4.69) is 10.6 Å². The van der Waals surface area contributed by atoms with E-state index in [0.29, 0.717) is 13.0 Å². The molecular weight excluding hydrogens is 336 g/mol. The van der Waals surface area contributed by atoms with Crippen molar-refractivity contribution in [1.29, 1.82) is 0 Å². The summed E-state index contributed by atoms with van der Waals surface area (Å²) in [6.07, 6.45) is 3.42. The van der Waals surface area contributed by atoms with E-state index in [-0.39, 0.29) is 18.8 Å². The largest absolute Gasteiger partial charge is 0.465 e. The van der Waals surface area contributed by atoms with Crippen molar-refractivity contribution in [2.45, 2.75) is 49.8 Å². The fourth-order valence-electron chi connectivity index (χ4n) is 4.01. The molecule has 1 amide bonds. The van der Waals surface area contributed by atoms with Gasteiger partial charge in [0.15, 0.2) is 5.60 Å². The van der Waals surface area contributed by atoms with Crippen LogP contribution in [0.15, 0.2) is 42.5 Å². The first-order valence-corrected chi connectivity index (χ1v) is 8.89. The molecule has 0 radical (unpaired) electrons. The molecule has 4 unspecified atom stereocenters. The van der Waals surface area contributed by atoms with Crippen LogP contribution in [0.4, 0.5) is 4.79 Å². The van der Waals surface area contributed by atoms with Crippen molar-refractivity contribution in [1.82, 2.24) is 10.6 Å². The monoisotopic (exact) mass is 358 g/mol. The Morgan fingerprint density at radius 2 is 2.19 bits per heavy atom. The lowest BCUT2D eigenvalue weighted by atomic mass is 9.79. The molecule has 1 aromatic carbocycles. The van der Waals surface area contributed by atoms with Gasteiger partial charge in [0.1, 0.15) is 18.2 Å². The van der Waals surface area contributed by atoms with Crippen molar-refractivity contribution in [3.63, 3.8) is 0 Å². The Labute approximate surface area is 151 Å². The Morgan fingerprint density at radius 3 is 2.85 bits per heavy atom. The Kier molecular flexibility index (Phi) is 4.42. The minimum absolute atomic E-state index is 0.0906. The number of hydrogen-bond donors (Lipinski definition) is 2. The maximum atomic E-state index is 12.7. The summed E-state index contributed by atoms with van der Waals surface area (Å²) >= 11 is 0. The van der Waals surface area contributed by atoms with Gasteiger partial charge >= 0.3 is 12.1 Å². The van der Waals surface area contributed by atoms with Gasteiger partial charge in [-0.05, 0) is 12.5 Å². The van der Waals surface area contributed by atoms with E-state index in [1.807, 2.05) is 42.5 Å². The molecule has 1 spiro atoms. The van der Waals surface area contributed by atoms with Crippen LogP contribution in [0.5, 0.6) is 0 Å². The van der Waals surface area contributed by atoms with E-state index in [4.69, 9.17) is 14.2 Å². The normalized spacial score (nSPS) is 32.5. The molecule has 2 N–H and O–H groups in total. The molecule has 26 heavy (non-hydrogen) atoms. The van der Waals surface area contributed by atoms with Crippen LogP contribution in [-0.2, 0) is 25.5 Å². The number of carbonyl (C=O) groups is 2. The third-order valence-corrected chi connectivity index (χ3v) is 5.15. The van der Waals surface area contributed by atoms with Crippen LogP contribution in [0.3, 0.4) is 0 Å². The minimum Gasteiger partial charge on any atom is -0.465 e. The zero-order chi connectivity index (χ0) is 18.1. The van der Waals surface area contributed by atoms with Crippen LogP contribution in [0.2, 0.25) is 0 Å². The van der Waals surface area contributed by atoms with Crippen LogP contribution in [0.25, 0.3) is 0 Å². The van der Waals surface area contributed by atoms with Crippen molar-refractivity contribution in [2.75, 3.05) is 6.61 Å². The molecule has 0 aromatic heterocycles. The lowest BCUT2D eigenvalue weighted by molar-refractivity contribution is -0.148. The average Bonchev–Trinajstić information content (AvgIpc) is 3.31. The van der Waals surface area contributed by atoms with Gasteiger partial charge in [-0.3, -0.25) is 10.1 Å². The molecule has 2 bridgehead atoms. The van der Waals surface area contributed by atoms with E-state index >= 15 is 0 Å². The van der Waals surface area contributed by atoms with E-state index in [1.54, 1.807) is 6.92 Å². The third kappa shape index (κ3) is 2.87. The second kappa shape index (κ2) is 6.74. The molecule has 4 rings (SSSR count). The predicted molar refractivity (Wildman–Crippen MR) is 92.3 cm³/mol. The number of benzene rings is 1.